The molecule has 6 nitrogen and oxygen atoms in total. The number of carbonyl (C=O) groups is 1. The van der Waals surface area contributed by atoms with Crippen molar-refractivity contribution in [3.05, 3.63) is 68.2 Å². The first-order valence-electron chi connectivity index (χ1n) is 7.87. The third-order valence-electron chi connectivity index (χ3n) is 3.89. The third kappa shape index (κ3) is 5.27. The number of non-ortho nitro benzene ring substituents is 1. The van der Waals surface area contributed by atoms with Gasteiger partial charge in [-0.2, -0.15) is 0 Å². The number of hydrogen-bond donors (Lipinski definition) is 2. The number of hydrogen-bond acceptors (Lipinski definition) is 3. The van der Waals surface area contributed by atoms with Crippen molar-refractivity contribution in [2.75, 3.05) is 18.9 Å². The summed E-state index contributed by atoms with van der Waals surface area (Å²) in [5.74, 6) is -0.196. The molecule has 0 saturated carbocycles. The van der Waals surface area contributed by atoms with Gasteiger partial charge in [-0.25, -0.2) is 0 Å². The lowest BCUT2D eigenvalue weighted by molar-refractivity contribution is -0.885. The number of halogens is 1. The zero-order valence-corrected chi connectivity index (χ0v) is 15.2. The van der Waals surface area contributed by atoms with Crippen molar-refractivity contribution < 1.29 is 14.6 Å². The van der Waals surface area contributed by atoms with Gasteiger partial charge in [0, 0.05) is 17.7 Å². The summed E-state index contributed by atoms with van der Waals surface area (Å²) in [7, 11) is 1.94. The Balaban J connectivity index is 1.96. The highest BCUT2D eigenvalue weighted by molar-refractivity contribution is 6.33. The molecule has 2 aromatic carbocycles. The molecule has 0 aliphatic rings. The van der Waals surface area contributed by atoms with Crippen molar-refractivity contribution >= 4 is 28.9 Å². The molecule has 25 heavy (non-hydrogen) atoms. The number of nitro benzene ring substituents is 1. The van der Waals surface area contributed by atoms with Crippen LogP contribution < -0.4 is 10.2 Å². The fraction of sp³-hybridized carbons (Fsp3) is 0.278. The van der Waals surface area contributed by atoms with Crippen molar-refractivity contribution in [1.82, 2.24) is 0 Å². The molecule has 0 bridgehead atoms. The van der Waals surface area contributed by atoms with Crippen LogP contribution in [0, 0.1) is 24.0 Å². The van der Waals surface area contributed by atoms with E-state index in [-0.39, 0.29) is 23.2 Å². The number of likely N-dealkylation sites (N-methyl/N-ethyl adjacent to an activating group) is 1. The summed E-state index contributed by atoms with van der Waals surface area (Å²) in [5.41, 5.74) is 3.88. The minimum Gasteiger partial charge on any atom is -0.326 e. The Hall–Kier alpha value is -2.44. The monoisotopic (exact) mass is 362 g/mol. The van der Waals surface area contributed by atoms with Crippen LogP contribution in [0.1, 0.15) is 16.7 Å². The highest BCUT2D eigenvalue weighted by atomic mass is 35.5. The fourth-order valence-corrected chi connectivity index (χ4v) is 2.84. The molecule has 0 aliphatic carbocycles. The first kappa shape index (κ1) is 18.9. The molecule has 2 aromatic rings. The van der Waals surface area contributed by atoms with E-state index in [1.807, 2.05) is 7.05 Å². The molecule has 1 unspecified atom stereocenters. The number of carbonyl (C=O) groups excluding carboxylic acids is 1. The Kier molecular flexibility index (Phi) is 6.12. The van der Waals surface area contributed by atoms with Gasteiger partial charge in [0.2, 0.25) is 0 Å². The maximum absolute atomic E-state index is 12.2. The van der Waals surface area contributed by atoms with E-state index in [4.69, 9.17) is 11.6 Å². The molecule has 0 heterocycles. The zero-order chi connectivity index (χ0) is 18.6. The van der Waals surface area contributed by atoms with Gasteiger partial charge in [-0.1, -0.05) is 35.4 Å². The summed E-state index contributed by atoms with van der Waals surface area (Å²) >= 11 is 5.99. The lowest BCUT2D eigenvalue weighted by atomic mass is 10.1. The van der Waals surface area contributed by atoms with Crippen LogP contribution in [-0.2, 0) is 11.3 Å². The second-order valence-electron chi connectivity index (χ2n) is 6.21. The van der Waals surface area contributed by atoms with Gasteiger partial charge in [0.05, 0.1) is 22.7 Å². The first-order chi connectivity index (χ1) is 11.8. The minimum atomic E-state index is -0.528. The van der Waals surface area contributed by atoms with Crippen LogP contribution in [0.4, 0.5) is 11.4 Å². The van der Waals surface area contributed by atoms with E-state index >= 15 is 0 Å². The van der Waals surface area contributed by atoms with Gasteiger partial charge < -0.3 is 10.2 Å². The summed E-state index contributed by atoms with van der Waals surface area (Å²) in [5, 5.41) is 13.6. The Labute approximate surface area is 151 Å². The summed E-state index contributed by atoms with van der Waals surface area (Å²) < 4.78 is 0. The van der Waals surface area contributed by atoms with Crippen LogP contribution in [0.3, 0.4) is 0 Å². The molecule has 0 spiro atoms. The summed E-state index contributed by atoms with van der Waals surface area (Å²) in [4.78, 5) is 23.4. The third-order valence-corrected chi connectivity index (χ3v) is 4.20. The number of nitro groups is 1. The molecular weight excluding hydrogens is 342 g/mol. The SMILES string of the molecule is Cc1ccc(C[NH+](C)CC(=O)Nc2ccc([N+](=O)[O-])cc2Cl)c(C)c1. The molecule has 7 heteroatoms. The van der Waals surface area contributed by atoms with Crippen molar-refractivity contribution in [2.45, 2.75) is 20.4 Å². The van der Waals surface area contributed by atoms with Crippen LogP contribution >= 0.6 is 11.6 Å². The van der Waals surface area contributed by atoms with Gasteiger partial charge in [-0.15, -0.1) is 0 Å². The Morgan fingerprint density at radius 3 is 2.56 bits per heavy atom. The maximum atomic E-state index is 12.2. The molecule has 0 fully saturated rings. The normalized spacial score (nSPS) is 11.8. The molecule has 132 valence electrons. The maximum Gasteiger partial charge on any atom is 0.279 e. The summed E-state index contributed by atoms with van der Waals surface area (Å²) in [6.45, 7) is 5.11. The topological polar surface area (TPSA) is 76.7 Å². The van der Waals surface area contributed by atoms with E-state index in [0.29, 0.717) is 5.69 Å². The molecule has 0 radical (unpaired) electrons. The molecule has 1 atom stereocenters. The predicted octanol–water partition coefficient (Wildman–Crippen LogP) is 2.52. The van der Waals surface area contributed by atoms with E-state index in [2.05, 4.69) is 37.4 Å². The number of anilines is 1. The number of amides is 1. The molecule has 2 N–H and O–H groups in total. The van der Waals surface area contributed by atoms with E-state index in [0.717, 1.165) is 11.4 Å². The summed E-state index contributed by atoms with van der Waals surface area (Å²) in [6, 6.07) is 10.2. The zero-order valence-electron chi connectivity index (χ0n) is 14.4. The van der Waals surface area contributed by atoms with Gasteiger partial charge in [0.15, 0.2) is 6.54 Å². The van der Waals surface area contributed by atoms with Crippen molar-refractivity contribution in [3.63, 3.8) is 0 Å². The molecule has 2 rings (SSSR count). The largest absolute Gasteiger partial charge is 0.326 e. The molecule has 0 aliphatic heterocycles. The molecule has 0 saturated heterocycles. The Morgan fingerprint density at radius 1 is 1.24 bits per heavy atom. The van der Waals surface area contributed by atoms with Crippen LogP contribution in [0.15, 0.2) is 36.4 Å². The van der Waals surface area contributed by atoms with Crippen molar-refractivity contribution in [1.29, 1.82) is 0 Å². The summed E-state index contributed by atoms with van der Waals surface area (Å²) in [6.07, 6.45) is 0. The van der Waals surface area contributed by atoms with Crippen molar-refractivity contribution in [2.24, 2.45) is 0 Å². The standard InChI is InChI=1S/C18H20ClN3O3/c1-12-4-5-14(13(2)8-12)10-21(3)11-18(23)20-17-7-6-15(22(24)25)9-16(17)19/h4-9H,10-11H2,1-3H3,(H,20,23)/p+1. The number of nitrogens with one attached hydrogen (secondary N) is 2. The number of nitrogens with zero attached hydrogens (tertiary/aromatic N) is 1. The molecule has 1 amide bonds. The second kappa shape index (κ2) is 8.09. The Bertz CT molecular complexity index is 808. The number of rotatable bonds is 6. The lowest BCUT2D eigenvalue weighted by Crippen LogP contribution is -3.08. The second-order valence-corrected chi connectivity index (χ2v) is 6.62. The first-order valence-corrected chi connectivity index (χ1v) is 8.25. The van der Waals surface area contributed by atoms with Crippen molar-refractivity contribution in [3.8, 4) is 0 Å². The average Bonchev–Trinajstić information content (AvgIpc) is 2.51. The highest BCUT2D eigenvalue weighted by Gasteiger charge is 2.15. The van der Waals surface area contributed by atoms with E-state index < -0.39 is 4.92 Å². The number of quaternary nitrogens is 1. The average molecular weight is 363 g/mol. The van der Waals surface area contributed by atoms with Crippen LogP contribution in [0.25, 0.3) is 0 Å². The molecule has 0 aromatic heterocycles. The highest BCUT2D eigenvalue weighted by Crippen LogP contribution is 2.26. The van der Waals surface area contributed by atoms with Crippen LogP contribution in [0.2, 0.25) is 5.02 Å². The molecular formula is C18H21ClN3O3+. The van der Waals surface area contributed by atoms with E-state index in [9.17, 15) is 14.9 Å². The smallest absolute Gasteiger partial charge is 0.279 e. The lowest BCUT2D eigenvalue weighted by Gasteiger charge is -2.16. The van der Waals surface area contributed by atoms with E-state index in [1.165, 1.54) is 34.9 Å². The van der Waals surface area contributed by atoms with Crippen LogP contribution in [0.5, 0.6) is 0 Å². The van der Waals surface area contributed by atoms with E-state index in [1.54, 1.807) is 0 Å². The van der Waals surface area contributed by atoms with Gasteiger partial charge in [0.25, 0.3) is 11.6 Å². The quantitative estimate of drug-likeness (QED) is 0.612. The Morgan fingerprint density at radius 2 is 1.96 bits per heavy atom. The number of benzene rings is 2. The van der Waals surface area contributed by atoms with Crippen LogP contribution in [-0.4, -0.2) is 24.4 Å². The van der Waals surface area contributed by atoms with Gasteiger partial charge in [-0.3, -0.25) is 14.9 Å². The fourth-order valence-electron chi connectivity index (χ4n) is 2.62. The predicted molar refractivity (Wildman–Crippen MR) is 98.1 cm³/mol. The number of aryl methyl sites for hydroxylation is 2. The van der Waals surface area contributed by atoms with Gasteiger partial charge >= 0.3 is 0 Å². The van der Waals surface area contributed by atoms with Gasteiger partial charge in [0.1, 0.15) is 6.54 Å². The van der Waals surface area contributed by atoms with Gasteiger partial charge in [-0.05, 0) is 25.5 Å². The minimum absolute atomic E-state index is 0.111.